The molecule has 3 heterocycles. The molecule has 11 heteroatoms. The number of rotatable bonds is 1. The number of benzene rings is 2. The van der Waals surface area contributed by atoms with E-state index in [9.17, 15) is 13.2 Å². The molecule has 4 bridgehead atoms. The van der Waals surface area contributed by atoms with Crippen molar-refractivity contribution >= 4 is 48.7 Å². The molecule has 2 atom stereocenters. The van der Waals surface area contributed by atoms with Gasteiger partial charge in [0.1, 0.15) is 12.4 Å². The summed E-state index contributed by atoms with van der Waals surface area (Å²) in [7, 11) is 2.12. The molecule has 3 aromatic rings. The molecular weight excluding hydrogens is 631 g/mol. The molecule has 1 aromatic heterocycles. The van der Waals surface area contributed by atoms with Gasteiger partial charge < -0.3 is 29.7 Å². The van der Waals surface area contributed by atoms with Crippen LogP contribution in [0.25, 0.3) is 10.1 Å². The molecule has 226 valence electrons. The van der Waals surface area contributed by atoms with E-state index < -0.39 is 12.6 Å². The van der Waals surface area contributed by atoms with Gasteiger partial charge >= 0.3 is 6.18 Å². The van der Waals surface area contributed by atoms with E-state index in [2.05, 4.69) is 50.4 Å². The summed E-state index contributed by atoms with van der Waals surface area (Å²) in [6.45, 7) is 4.59. The first kappa shape index (κ1) is 31.0. The van der Waals surface area contributed by atoms with Crippen molar-refractivity contribution in [1.29, 1.82) is 0 Å². The molecule has 0 amide bonds. The molecule has 0 aliphatic carbocycles. The van der Waals surface area contributed by atoms with Gasteiger partial charge in [0.25, 0.3) is 0 Å². The number of nitrogens with one attached hydrogen (secondary N) is 2. The van der Waals surface area contributed by atoms with Crippen LogP contribution in [0.5, 0.6) is 5.75 Å². The van der Waals surface area contributed by atoms with Crippen molar-refractivity contribution in [3.05, 3.63) is 51.3 Å². The Labute approximate surface area is 257 Å². The van der Waals surface area contributed by atoms with Gasteiger partial charge in [-0.25, -0.2) is 0 Å². The largest absolute Gasteiger partial charge is 0.491 e. The number of hydrogen-bond acceptors (Lipinski definition) is 7. The minimum Gasteiger partial charge on any atom is -0.491 e. The van der Waals surface area contributed by atoms with Gasteiger partial charge in [-0.15, -0.1) is 11.3 Å². The second-order valence-corrected chi connectivity index (χ2v) is 12.6. The number of nitrogens with zero attached hydrogens (tertiary/aromatic N) is 1. The van der Waals surface area contributed by atoms with E-state index in [1.165, 1.54) is 11.3 Å². The Morgan fingerprint density at radius 2 is 1.88 bits per heavy atom. The zero-order valence-corrected chi connectivity index (χ0v) is 25.9. The average Bonchev–Trinajstić information content (AvgIpc) is 3.27. The van der Waals surface area contributed by atoms with E-state index in [0.29, 0.717) is 55.0 Å². The molecule has 2 unspecified atom stereocenters. The number of fused-ring (bicyclic) bond motifs is 4. The van der Waals surface area contributed by atoms with Gasteiger partial charge in [0.2, 0.25) is 0 Å². The van der Waals surface area contributed by atoms with Crippen molar-refractivity contribution in [2.75, 3.05) is 70.3 Å². The summed E-state index contributed by atoms with van der Waals surface area (Å²) in [5, 5.41) is 7.55. The van der Waals surface area contributed by atoms with Crippen LogP contribution < -0.4 is 15.4 Å². The van der Waals surface area contributed by atoms with Crippen LogP contribution in [0.1, 0.15) is 23.3 Å². The van der Waals surface area contributed by atoms with E-state index in [1.807, 2.05) is 30.3 Å². The van der Waals surface area contributed by atoms with Crippen LogP contribution in [-0.4, -0.2) is 76.8 Å². The highest BCUT2D eigenvalue weighted by atomic mass is 79.9. The number of alkyl halides is 3. The van der Waals surface area contributed by atoms with Crippen molar-refractivity contribution in [1.82, 2.24) is 4.90 Å². The smallest absolute Gasteiger partial charge is 0.393 e. The van der Waals surface area contributed by atoms with Gasteiger partial charge in [-0.05, 0) is 61.5 Å². The van der Waals surface area contributed by atoms with Gasteiger partial charge in [-0.3, -0.25) is 0 Å². The molecule has 0 saturated carbocycles. The summed E-state index contributed by atoms with van der Waals surface area (Å²) in [6, 6.07) is 11.4. The Morgan fingerprint density at radius 1 is 1.07 bits per heavy atom. The van der Waals surface area contributed by atoms with Crippen LogP contribution >= 0.6 is 27.3 Å². The average molecular weight is 667 g/mol. The van der Waals surface area contributed by atoms with Crippen molar-refractivity contribution in [3.8, 4) is 17.6 Å². The van der Waals surface area contributed by atoms with Crippen LogP contribution in [0, 0.1) is 17.8 Å². The molecule has 2 aromatic carbocycles. The Bertz CT molecular complexity index is 1420. The number of thiophene rings is 1. The number of anilines is 2. The van der Waals surface area contributed by atoms with E-state index in [0.717, 1.165) is 46.5 Å². The van der Waals surface area contributed by atoms with Gasteiger partial charge in [0.05, 0.1) is 48.1 Å². The maximum absolute atomic E-state index is 13.7. The standard InChI is InChI=1S/C31H35BrF3N3O3S/c1-38-10-7-27-21(20-38)8-11-39-12-13-40-14-15-41-24-17-22(32)16-23(18-24)36-9-3-6-29-26(19-31(33,34)35)25-4-2-5-28(37-27)30(25)42-29/h2,4-5,16-18,21,27,36-37H,7-15,19-20H2,1H3. The zero-order valence-electron chi connectivity index (χ0n) is 23.5. The van der Waals surface area contributed by atoms with Crippen LogP contribution in [0.2, 0.25) is 0 Å². The third-order valence-corrected chi connectivity index (χ3v) is 9.08. The van der Waals surface area contributed by atoms with Gasteiger partial charge in [0.15, 0.2) is 0 Å². The summed E-state index contributed by atoms with van der Waals surface area (Å²) >= 11 is 4.83. The van der Waals surface area contributed by atoms with Crippen molar-refractivity contribution in [2.24, 2.45) is 5.92 Å². The molecule has 0 spiro atoms. The molecule has 1 fully saturated rings. The second-order valence-electron chi connectivity index (χ2n) is 10.6. The molecule has 0 radical (unpaired) electrons. The molecule has 2 aliphatic heterocycles. The van der Waals surface area contributed by atoms with Gasteiger partial charge in [-0.2, -0.15) is 13.2 Å². The van der Waals surface area contributed by atoms with Crippen LogP contribution in [-0.2, 0) is 15.9 Å². The van der Waals surface area contributed by atoms with Gasteiger partial charge in [0, 0.05) is 35.4 Å². The van der Waals surface area contributed by atoms with Crippen LogP contribution in [0.15, 0.2) is 40.9 Å². The number of piperidine rings is 1. The van der Waals surface area contributed by atoms with Crippen molar-refractivity contribution in [2.45, 2.75) is 31.5 Å². The fourth-order valence-electron chi connectivity index (χ4n) is 5.45. The predicted octanol–water partition coefficient (Wildman–Crippen LogP) is 6.78. The number of ether oxygens (including phenoxy) is 3. The van der Waals surface area contributed by atoms with E-state index in [4.69, 9.17) is 14.2 Å². The zero-order chi connectivity index (χ0) is 29.5. The first-order valence-corrected chi connectivity index (χ1v) is 15.7. The summed E-state index contributed by atoms with van der Waals surface area (Å²) in [5.74, 6) is 7.09. The Balaban J connectivity index is 1.46. The SMILES string of the molecule is CN1CCC2Nc3cccc4c(CC(F)(F)F)c(sc34)C#CCNc3cc(Br)cc(c3)OCCOCCOCCC2C1. The fourth-order valence-corrected chi connectivity index (χ4v) is 7.09. The minimum atomic E-state index is -4.34. The Morgan fingerprint density at radius 3 is 2.71 bits per heavy atom. The van der Waals surface area contributed by atoms with Crippen LogP contribution in [0.4, 0.5) is 24.5 Å². The lowest BCUT2D eigenvalue weighted by Gasteiger charge is -2.38. The Kier molecular flexibility index (Phi) is 10.6. The van der Waals surface area contributed by atoms with Crippen LogP contribution in [0.3, 0.4) is 0 Å². The number of hydrogen-bond donors (Lipinski definition) is 2. The first-order valence-electron chi connectivity index (χ1n) is 14.1. The minimum absolute atomic E-state index is 0.187. The summed E-state index contributed by atoms with van der Waals surface area (Å²) in [6.07, 6.45) is -3.54. The van der Waals surface area contributed by atoms with Crippen molar-refractivity contribution in [3.63, 3.8) is 0 Å². The number of halogens is 4. The lowest BCUT2D eigenvalue weighted by atomic mass is 9.89. The Hall–Kier alpha value is -2.49. The fraction of sp³-hybridized carbons (Fsp3) is 0.484. The maximum atomic E-state index is 13.7. The highest BCUT2D eigenvalue weighted by Crippen LogP contribution is 2.40. The quantitative estimate of drug-likeness (QED) is 0.280. The molecule has 2 aliphatic rings. The lowest BCUT2D eigenvalue weighted by molar-refractivity contribution is -0.126. The predicted molar refractivity (Wildman–Crippen MR) is 166 cm³/mol. The topological polar surface area (TPSA) is 55.0 Å². The van der Waals surface area contributed by atoms with E-state index in [1.54, 1.807) is 6.07 Å². The summed E-state index contributed by atoms with van der Waals surface area (Å²) in [5.41, 5.74) is 1.88. The molecule has 42 heavy (non-hydrogen) atoms. The maximum Gasteiger partial charge on any atom is 0.393 e. The second kappa shape index (κ2) is 14.3. The third-order valence-electron chi connectivity index (χ3n) is 7.43. The number of likely N-dealkylation sites (tertiary alicyclic amines) is 1. The summed E-state index contributed by atoms with van der Waals surface area (Å²) < 4.78 is 60.2. The molecular formula is C31H35BrF3N3O3S. The van der Waals surface area contributed by atoms with E-state index >= 15 is 0 Å². The molecule has 1 saturated heterocycles. The third kappa shape index (κ3) is 8.54. The molecule has 6 nitrogen and oxygen atoms in total. The normalized spacial score (nSPS) is 21.4. The highest BCUT2D eigenvalue weighted by Gasteiger charge is 2.32. The molecule has 5 rings (SSSR count). The molecule has 2 N–H and O–H groups in total. The first-order chi connectivity index (χ1) is 20.2. The highest BCUT2D eigenvalue weighted by molar-refractivity contribution is 9.10. The monoisotopic (exact) mass is 665 g/mol. The van der Waals surface area contributed by atoms with Gasteiger partial charge in [-0.1, -0.05) is 39.9 Å². The lowest BCUT2D eigenvalue weighted by Crippen LogP contribution is -2.45. The van der Waals surface area contributed by atoms with E-state index in [-0.39, 0.29) is 18.2 Å². The summed E-state index contributed by atoms with van der Waals surface area (Å²) in [4.78, 5) is 2.77. The van der Waals surface area contributed by atoms with Crippen molar-refractivity contribution < 1.29 is 27.4 Å².